The van der Waals surface area contributed by atoms with Crippen LogP contribution in [0, 0.1) is 5.82 Å². The Bertz CT molecular complexity index is 721. The minimum absolute atomic E-state index is 0.0495. The Hall–Kier alpha value is -2.48. The monoisotopic (exact) mass is 334 g/mol. The first kappa shape index (κ1) is 16.4. The summed E-state index contributed by atoms with van der Waals surface area (Å²) >= 11 is 0. The van der Waals surface area contributed by atoms with Gasteiger partial charge in [-0.05, 0) is 31.9 Å². The van der Waals surface area contributed by atoms with Gasteiger partial charge in [-0.15, -0.1) is 0 Å². The highest BCUT2D eigenvalue weighted by Crippen LogP contribution is 2.21. The molecule has 1 saturated heterocycles. The lowest BCUT2D eigenvalue weighted by molar-refractivity contribution is 0.153. The van der Waals surface area contributed by atoms with Crippen LogP contribution in [-0.2, 0) is 0 Å². The van der Waals surface area contributed by atoms with Gasteiger partial charge in [0.05, 0.1) is 12.6 Å². The normalized spacial score (nSPS) is 18.6. The van der Waals surface area contributed by atoms with Gasteiger partial charge in [0, 0.05) is 12.1 Å². The van der Waals surface area contributed by atoms with Gasteiger partial charge < -0.3 is 19.8 Å². The predicted octanol–water partition coefficient (Wildman–Crippen LogP) is 2.10. The third-order valence-electron chi connectivity index (χ3n) is 4.08. The van der Waals surface area contributed by atoms with E-state index in [1.807, 2.05) is 0 Å². The molecular formula is C16H19FN4O3. The lowest BCUT2D eigenvalue weighted by atomic mass is 10.2. The van der Waals surface area contributed by atoms with Gasteiger partial charge >= 0.3 is 6.03 Å². The molecular weight excluding hydrogens is 315 g/mol. The lowest BCUT2D eigenvalue weighted by Gasteiger charge is -2.24. The number of aliphatic hydroxyl groups excluding tert-OH is 1. The maximum Gasteiger partial charge on any atom is 0.318 e. The van der Waals surface area contributed by atoms with Crippen LogP contribution in [0.4, 0.5) is 9.18 Å². The Morgan fingerprint density at radius 3 is 3.17 bits per heavy atom. The molecule has 0 saturated carbocycles. The number of urea groups is 1. The number of amides is 2. The summed E-state index contributed by atoms with van der Waals surface area (Å²) < 4.78 is 18.4. The van der Waals surface area contributed by atoms with Crippen molar-refractivity contribution in [3.05, 3.63) is 36.0 Å². The molecule has 0 radical (unpaired) electrons. The fraction of sp³-hybridized carbons (Fsp3) is 0.438. The summed E-state index contributed by atoms with van der Waals surface area (Å²) in [5.74, 6) is 0.117. The number of likely N-dealkylation sites (tertiary alicyclic amines) is 1. The molecule has 1 aromatic carbocycles. The molecule has 1 aliphatic rings. The molecule has 1 aromatic heterocycles. The van der Waals surface area contributed by atoms with Crippen molar-refractivity contribution in [2.45, 2.75) is 31.8 Å². The summed E-state index contributed by atoms with van der Waals surface area (Å²) in [6.07, 6.45) is 1.67. The first-order valence-corrected chi connectivity index (χ1v) is 7.86. The van der Waals surface area contributed by atoms with Gasteiger partial charge in [-0.3, -0.25) is 0 Å². The lowest BCUT2D eigenvalue weighted by Crippen LogP contribution is -2.44. The Labute approximate surface area is 138 Å². The maximum atomic E-state index is 13.3. The molecule has 8 heteroatoms. The smallest absolute Gasteiger partial charge is 0.318 e. The number of carbonyl (C=O) groups is 1. The van der Waals surface area contributed by atoms with Crippen molar-refractivity contribution in [1.29, 1.82) is 0 Å². The zero-order valence-electron chi connectivity index (χ0n) is 13.3. The SMILES string of the molecule is CC(NC(=O)N1CCC[C@H]1CO)c1nc(-c2cccc(F)c2)no1. The second-order valence-electron chi connectivity index (χ2n) is 5.81. The van der Waals surface area contributed by atoms with Crippen LogP contribution in [-0.4, -0.2) is 45.4 Å². The van der Waals surface area contributed by atoms with Gasteiger partial charge in [0.25, 0.3) is 0 Å². The topological polar surface area (TPSA) is 91.5 Å². The summed E-state index contributed by atoms with van der Waals surface area (Å²) in [5.41, 5.74) is 0.503. The van der Waals surface area contributed by atoms with Crippen molar-refractivity contribution in [3.63, 3.8) is 0 Å². The van der Waals surface area contributed by atoms with Crippen molar-refractivity contribution >= 4 is 6.03 Å². The number of aliphatic hydroxyl groups is 1. The van der Waals surface area contributed by atoms with Gasteiger partial charge in [0.2, 0.25) is 11.7 Å². The number of hydrogen-bond acceptors (Lipinski definition) is 5. The van der Waals surface area contributed by atoms with E-state index in [-0.39, 0.29) is 36.2 Å². The first-order chi connectivity index (χ1) is 11.6. The maximum absolute atomic E-state index is 13.3. The summed E-state index contributed by atoms with van der Waals surface area (Å²) in [7, 11) is 0. The average molecular weight is 334 g/mol. The van der Waals surface area contributed by atoms with Gasteiger partial charge in [-0.25, -0.2) is 9.18 Å². The van der Waals surface area contributed by atoms with E-state index in [2.05, 4.69) is 15.5 Å². The largest absolute Gasteiger partial charge is 0.394 e. The number of nitrogens with zero attached hydrogens (tertiary/aromatic N) is 3. The minimum Gasteiger partial charge on any atom is -0.394 e. The summed E-state index contributed by atoms with van der Waals surface area (Å²) in [4.78, 5) is 18.1. The number of hydrogen-bond donors (Lipinski definition) is 2. The Balaban J connectivity index is 1.67. The predicted molar refractivity (Wildman–Crippen MR) is 83.5 cm³/mol. The van der Waals surface area contributed by atoms with Crippen molar-refractivity contribution in [2.24, 2.45) is 0 Å². The third kappa shape index (κ3) is 3.38. The molecule has 3 rings (SSSR count). The highest BCUT2D eigenvalue weighted by atomic mass is 19.1. The molecule has 2 heterocycles. The minimum atomic E-state index is -0.493. The number of benzene rings is 1. The molecule has 0 aliphatic carbocycles. The van der Waals surface area contributed by atoms with Gasteiger partial charge in [0.1, 0.15) is 11.9 Å². The Kier molecular flexibility index (Phi) is 4.75. The fourth-order valence-corrected chi connectivity index (χ4v) is 2.78. The Morgan fingerprint density at radius 2 is 2.42 bits per heavy atom. The van der Waals surface area contributed by atoms with E-state index in [4.69, 9.17) is 4.52 Å². The molecule has 1 unspecified atom stereocenters. The van der Waals surface area contributed by atoms with E-state index in [0.29, 0.717) is 12.1 Å². The summed E-state index contributed by atoms with van der Waals surface area (Å²) in [6.45, 7) is 2.29. The first-order valence-electron chi connectivity index (χ1n) is 7.86. The molecule has 7 nitrogen and oxygen atoms in total. The fourth-order valence-electron chi connectivity index (χ4n) is 2.78. The van der Waals surface area contributed by atoms with Gasteiger partial charge in [0.15, 0.2) is 0 Å². The van der Waals surface area contributed by atoms with E-state index in [0.717, 1.165) is 12.8 Å². The molecule has 1 aliphatic heterocycles. The third-order valence-corrected chi connectivity index (χ3v) is 4.08. The molecule has 0 bridgehead atoms. The quantitative estimate of drug-likeness (QED) is 0.893. The van der Waals surface area contributed by atoms with Crippen LogP contribution >= 0.6 is 0 Å². The highest BCUT2D eigenvalue weighted by Gasteiger charge is 2.29. The van der Waals surface area contributed by atoms with Crippen LogP contribution in [0.3, 0.4) is 0 Å². The van der Waals surface area contributed by atoms with Crippen molar-refractivity contribution in [2.75, 3.05) is 13.2 Å². The number of halogens is 1. The van der Waals surface area contributed by atoms with E-state index >= 15 is 0 Å². The van der Waals surface area contributed by atoms with Crippen LogP contribution in [0.25, 0.3) is 11.4 Å². The molecule has 2 N–H and O–H groups in total. The van der Waals surface area contributed by atoms with E-state index < -0.39 is 6.04 Å². The van der Waals surface area contributed by atoms with Crippen LogP contribution in [0.2, 0.25) is 0 Å². The number of nitrogens with one attached hydrogen (secondary N) is 1. The zero-order valence-corrected chi connectivity index (χ0v) is 13.3. The van der Waals surface area contributed by atoms with Crippen LogP contribution in [0.15, 0.2) is 28.8 Å². The second kappa shape index (κ2) is 6.96. The van der Waals surface area contributed by atoms with Crippen molar-refractivity contribution in [3.8, 4) is 11.4 Å². The van der Waals surface area contributed by atoms with Crippen LogP contribution in [0.5, 0.6) is 0 Å². The molecule has 2 amide bonds. The number of rotatable bonds is 4. The van der Waals surface area contributed by atoms with Crippen molar-refractivity contribution in [1.82, 2.24) is 20.4 Å². The van der Waals surface area contributed by atoms with E-state index in [1.165, 1.54) is 12.1 Å². The number of carbonyl (C=O) groups excluding carboxylic acids is 1. The van der Waals surface area contributed by atoms with Crippen LogP contribution in [0.1, 0.15) is 31.7 Å². The Morgan fingerprint density at radius 1 is 1.58 bits per heavy atom. The second-order valence-corrected chi connectivity index (χ2v) is 5.81. The highest BCUT2D eigenvalue weighted by molar-refractivity contribution is 5.75. The molecule has 1 fully saturated rings. The molecule has 24 heavy (non-hydrogen) atoms. The summed E-state index contributed by atoms with van der Waals surface area (Å²) in [5, 5.41) is 15.9. The standard InChI is InChI=1S/C16H19FN4O3/c1-10(18-16(23)21-7-3-6-13(21)9-22)15-19-14(20-24-15)11-4-2-5-12(17)8-11/h2,4-5,8,10,13,22H,3,6-7,9H2,1H3,(H,18,23)/t10?,13-/m0/s1. The molecule has 2 atom stereocenters. The van der Waals surface area contributed by atoms with Crippen molar-refractivity contribution < 1.29 is 18.8 Å². The van der Waals surface area contributed by atoms with E-state index in [1.54, 1.807) is 24.0 Å². The zero-order chi connectivity index (χ0) is 17.1. The number of aromatic nitrogens is 2. The summed E-state index contributed by atoms with van der Waals surface area (Å²) in [6, 6.07) is 4.97. The van der Waals surface area contributed by atoms with Gasteiger partial charge in [-0.2, -0.15) is 4.98 Å². The molecule has 2 aromatic rings. The van der Waals surface area contributed by atoms with Gasteiger partial charge in [-0.1, -0.05) is 17.3 Å². The average Bonchev–Trinajstić information content (AvgIpc) is 3.24. The van der Waals surface area contributed by atoms with Crippen LogP contribution < -0.4 is 5.32 Å². The van der Waals surface area contributed by atoms with E-state index in [9.17, 15) is 14.3 Å². The molecule has 128 valence electrons. The molecule has 0 spiro atoms.